The van der Waals surface area contributed by atoms with Gasteiger partial charge in [0.1, 0.15) is 0 Å². The third-order valence-corrected chi connectivity index (χ3v) is 10.9. The molecule has 0 aliphatic heterocycles. The van der Waals surface area contributed by atoms with Crippen molar-refractivity contribution >= 4 is 0 Å². The molecule has 0 aromatic heterocycles. The average Bonchev–Trinajstić information content (AvgIpc) is 3.05. The van der Waals surface area contributed by atoms with Gasteiger partial charge >= 0.3 is 0 Å². The van der Waals surface area contributed by atoms with Crippen molar-refractivity contribution in [3.8, 4) is 0 Å². The first kappa shape index (κ1) is 22.9. The van der Waals surface area contributed by atoms with E-state index >= 15 is 0 Å². The summed E-state index contributed by atoms with van der Waals surface area (Å²) in [7, 11) is 0. The van der Waals surface area contributed by atoms with Crippen LogP contribution in [0.5, 0.6) is 0 Å². The molecule has 3 saturated carbocycles. The summed E-state index contributed by atoms with van der Waals surface area (Å²) >= 11 is 0. The third-order valence-electron chi connectivity index (χ3n) is 10.9. The number of fused-ring (bicyclic) bond motifs is 5. The van der Waals surface area contributed by atoms with Crippen LogP contribution in [-0.2, 0) is 0 Å². The molecule has 4 rings (SSSR count). The normalized spacial score (nSPS) is 45.3. The van der Waals surface area contributed by atoms with Crippen LogP contribution in [-0.4, -0.2) is 11.2 Å². The first-order valence-corrected chi connectivity index (χ1v) is 13.6. The van der Waals surface area contributed by atoms with Crippen molar-refractivity contribution in [2.75, 3.05) is 0 Å². The van der Waals surface area contributed by atoms with Gasteiger partial charge in [-0.1, -0.05) is 59.6 Å². The van der Waals surface area contributed by atoms with E-state index in [4.69, 9.17) is 0 Å². The smallest absolute Gasteiger partial charge is 0.0577 e. The Morgan fingerprint density at radius 3 is 2.47 bits per heavy atom. The van der Waals surface area contributed by atoms with Gasteiger partial charge in [-0.2, -0.15) is 0 Å². The Balaban J connectivity index is 1.50. The molecular formula is C29H50O. The predicted molar refractivity (Wildman–Crippen MR) is 128 cm³/mol. The number of hydrogen-bond acceptors (Lipinski definition) is 1. The molecule has 4 aliphatic carbocycles. The molecule has 0 amide bonds. The van der Waals surface area contributed by atoms with Crippen molar-refractivity contribution in [3.63, 3.8) is 0 Å². The molecule has 1 nitrogen and oxygen atoms in total. The fraction of sp³-hybridized carbons (Fsp3) is 0.931. The predicted octanol–water partition coefficient (Wildman–Crippen LogP) is 8.02. The van der Waals surface area contributed by atoms with Crippen LogP contribution in [0.25, 0.3) is 0 Å². The quantitative estimate of drug-likeness (QED) is 0.436. The van der Waals surface area contributed by atoms with Crippen LogP contribution >= 0.6 is 0 Å². The van der Waals surface area contributed by atoms with Gasteiger partial charge in [-0.3, -0.25) is 0 Å². The number of aliphatic hydroxyl groups excluding tert-OH is 1. The van der Waals surface area contributed by atoms with Gasteiger partial charge in [0.15, 0.2) is 0 Å². The highest BCUT2D eigenvalue weighted by Crippen LogP contribution is 2.67. The lowest BCUT2D eigenvalue weighted by Gasteiger charge is -2.58. The SMILES string of the molecule is CC[C@@H](CC(C)C)C[C@H](C)[C@H]1CC[C@H]2[C@@H]3CC=C4C[C@@H](O)CC[C@]4(C)[C@H]3CC[C@]12C. The Morgan fingerprint density at radius 2 is 1.77 bits per heavy atom. The van der Waals surface area contributed by atoms with E-state index < -0.39 is 0 Å². The minimum absolute atomic E-state index is 0.0798. The first-order valence-electron chi connectivity index (χ1n) is 13.6. The molecule has 0 bridgehead atoms. The highest BCUT2D eigenvalue weighted by molar-refractivity contribution is 5.25. The maximum Gasteiger partial charge on any atom is 0.0577 e. The van der Waals surface area contributed by atoms with Crippen LogP contribution in [0.3, 0.4) is 0 Å². The molecule has 4 aliphatic rings. The second kappa shape index (κ2) is 8.57. The molecule has 0 radical (unpaired) electrons. The van der Waals surface area contributed by atoms with Gasteiger partial charge in [-0.15, -0.1) is 0 Å². The Labute approximate surface area is 187 Å². The van der Waals surface area contributed by atoms with Crippen molar-refractivity contribution in [1.82, 2.24) is 0 Å². The van der Waals surface area contributed by atoms with E-state index in [1.807, 2.05) is 0 Å². The summed E-state index contributed by atoms with van der Waals surface area (Å²) in [5.74, 6) is 6.31. The highest BCUT2D eigenvalue weighted by Gasteiger charge is 2.59. The molecule has 0 aromatic carbocycles. The van der Waals surface area contributed by atoms with E-state index in [2.05, 4.69) is 47.6 Å². The lowest BCUT2D eigenvalue weighted by Crippen LogP contribution is -2.50. The van der Waals surface area contributed by atoms with E-state index in [0.29, 0.717) is 10.8 Å². The first-order chi connectivity index (χ1) is 14.2. The lowest BCUT2D eigenvalue weighted by atomic mass is 9.47. The Kier molecular flexibility index (Phi) is 6.53. The summed E-state index contributed by atoms with van der Waals surface area (Å²) in [5.41, 5.74) is 2.58. The second-order valence-corrected chi connectivity index (χ2v) is 13.0. The van der Waals surface area contributed by atoms with Crippen molar-refractivity contribution in [2.45, 2.75) is 118 Å². The van der Waals surface area contributed by atoms with Crippen LogP contribution in [0, 0.1) is 52.3 Å². The minimum atomic E-state index is -0.0798. The number of aliphatic hydroxyl groups is 1. The Hall–Kier alpha value is -0.300. The largest absolute Gasteiger partial charge is 0.393 e. The summed E-state index contributed by atoms with van der Waals surface area (Å²) in [5, 5.41) is 10.3. The zero-order valence-electron chi connectivity index (χ0n) is 20.9. The van der Waals surface area contributed by atoms with Crippen LogP contribution in [0.15, 0.2) is 11.6 Å². The molecule has 30 heavy (non-hydrogen) atoms. The molecule has 0 saturated heterocycles. The zero-order chi connectivity index (χ0) is 21.7. The van der Waals surface area contributed by atoms with Gasteiger partial charge in [0.25, 0.3) is 0 Å². The van der Waals surface area contributed by atoms with E-state index in [1.165, 1.54) is 57.8 Å². The molecule has 0 unspecified atom stereocenters. The van der Waals surface area contributed by atoms with Gasteiger partial charge in [-0.25, -0.2) is 0 Å². The highest BCUT2D eigenvalue weighted by atomic mass is 16.3. The zero-order valence-corrected chi connectivity index (χ0v) is 20.9. The van der Waals surface area contributed by atoms with Crippen molar-refractivity contribution < 1.29 is 5.11 Å². The topological polar surface area (TPSA) is 20.2 Å². The van der Waals surface area contributed by atoms with Gasteiger partial charge in [0.2, 0.25) is 0 Å². The van der Waals surface area contributed by atoms with Crippen LogP contribution in [0.1, 0.15) is 112 Å². The molecule has 0 aromatic rings. The maximum absolute atomic E-state index is 10.3. The molecule has 3 fully saturated rings. The lowest BCUT2D eigenvalue weighted by molar-refractivity contribution is -0.0582. The van der Waals surface area contributed by atoms with Gasteiger partial charge in [0.05, 0.1) is 6.10 Å². The fourth-order valence-electron chi connectivity index (χ4n) is 9.40. The fourth-order valence-corrected chi connectivity index (χ4v) is 9.40. The molecule has 172 valence electrons. The van der Waals surface area contributed by atoms with E-state index in [-0.39, 0.29) is 6.10 Å². The molecule has 9 atom stereocenters. The summed E-state index contributed by atoms with van der Waals surface area (Å²) in [6.45, 7) is 15.1. The summed E-state index contributed by atoms with van der Waals surface area (Å²) in [6, 6.07) is 0. The van der Waals surface area contributed by atoms with E-state index in [9.17, 15) is 5.11 Å². The van der Waals surface area contributed by atoms with Crippen molar-refractivity contribution in [2.24, 2.45) is 52.3 Å². The van der Waals surface area contributed by atoms with Crippen molar-refractivity contribution in [1.29, 1.82) is 0 Å². The Morgan fingerprint density at radius 1 is 1.00 bits per heavy atom. The maximum atomic E-state index is 10.3. The minimum Gasteiger partial charge on any atom is -0.393 e. The standard InChI is InChI=1S/C29H50O/c1-7-21(16-19(2)3)17-20(4)25-10-11-26-24-9-8-22-18-23(30)12-14-28(22,5)27(24)13-15-29(25,26)6/h8,19-21,23-27,30H,7,9-18H2,1-6H3/t20-,21-,23-,24-,25+,26-,27-,28-,29+/m0/s1. The van der Waals surface area contributed by atoms with Crippen LogP contribution in [0.4, 0.5) is 0 Å². The number of rotatable bonds is 6. The monoisotopic (exact) mass is 414 g/mol. The second-order valence-electron chi connectivity index (χ2n) is 13.0. The van der Waals surface area contributed by atoms with E-state index in [0.717, 1.165) is 54.3 Å². The molecule has 0 heterocycles. The summed E-state index contributed by atoms with van der Waals surface area (Å²) in [6.07, 6.45) is 17.1. The molecule has 1 N–H and O–H groups in total. The molecule has 0 spiro atoms. The molecule has 1 heteroatoms. The van der Waals surface area contributed by atoms with Gasteiger partial charge < -0.3 is 5.11 Å². The Bertz CT molecular complexity index is 634. The van der Waals surface area contributed by atoms with Crippen molar-refractivity contribution in [3.05, 3.63) is 11.6 Å². The van der Waals surface area contributed by atoms with Gasteiger partial charge in [-0.05, 0) is 116 Å². The summed E-state index contributed by atoms with van der Waals surface area (Å²) in [4.78, 5) is 0. The van der Waals surface area contributed by atoms with Gasteiger partial charge in [0, 0.05) is 0 Å². The van der Waals surface area contributed by atoms with E-state index in [1.54, 1.807) is 5.57 Å². The molecular weight excluding hydrogens is 364 g/mol. The number of hydrogen-bond donors (Lipinski definition) is 1. The third kappa shape index (κ3) is 3.84. The number of allylic oxidation sites excluding steroid dienone is 1. The summed E-state index contributed by atoms with van der Waals surface area (Å²) < 4.78 is 0. The van der Waals surface area contributed by atoms with Crippen LogP contribution in [0.2, 0.25) is 0 Å². The van der Waals surface area contributed by atoms with Crippen LogP contribution < -0.4 is 0 Å². The average molecular weight is 415 g/mol.